The van der Waals surface area contributed by atoms with Crippen molar-refractivity contribution in [2.75, 3.05) is 0 Å². The molecule has 0 saturated carbocycles. The molecule has 0 aliphatic carbocycles. The van der Waals surface area contributed by atoms with Crippen molar-refractivity contribution in [1.29, 1.82) is 0 Å². The predicted octanol–water partition coefficient (Wildman–Crippen LogP) is 4.85. The Hall–Kier alpha value is -0.990. The van der Waals surface area contributed by atoms with Crippen LogP contribution in [0.15, 0.2) is 16.5 Å². The van der Waals surface area contributed by atoms with Crippen molar-refractivity contribution in [2.24, 2.45) is 0 Å². The van der Waals surface area contributed by atoms with Crippen molar-refractivity contribution < 1.29 is 4.42 Å². The molecule has 0 aliphatic rings. The maximum absolute atomic E-state index is 6.15. The molecule has 0 atom stereocenters. The Labute approximate surface area is 120 Å². The summed E-state index contributed by atoms with van der Waals surface area (Å²) in [4.78, 5) is 0. The van der Waals surface area contributed by atoms with Gasteiger partial charge in [0.1, 0.15) is 11.3 Å². The third-order valence-corrected chi connectivity index (χ3v) is 3.48. The lowest BCUT2D eigenvalue weighted by molar-refractivity contribution is 0.393. The lowest BCUT2D eigenvalue weighted by Crippen LogP contribution is -2.35. The first-order valence-corrected chi connectivity index (χ1v) is 7.15. The van der Waals surface area contributed by atoms with E-state index in [1.807, 2.05) is 19.1 Å². The van der Waals surface area contributed by atoms with E-state index in [2.05, 4.69) is 33.0 Å². The Morgan fingerprint density at radius 2 is 1.95 bits per heavy atom. The van der Waals surface area contributed by atoms with Gasteiger partial charge in [0.2, 0.25) is 0 Å². The maximum atomic E-state index is 6.15. The van der Waals surface area contributed by atoms with Gasteiger partial charge in [-0.05, 0) is 51.8 Å². The molecule has 19 heavy (non-hydrogen) atoms. The smallest absolute Gasteiger partial charge is 0.137 e. The van der Waals surface area contributed by atoms with Crippen LogP contribution in [0.3, 0.4) is 0 Å². The lowest BCUT2D eigenvalue weighted by atomic mass is 10.1. The molecule has 0 fully saturated rings. The number of benzene rings is 1. The summed E-state index contributed by atoms with van der Waals surface area (Å²) in [5.74, 6) is 1.03. The quantitative estimate of drug-likeness (QED) is 0.869. The zero-order chi connectivity index (χ0) is 14.2. The average molecular weight is 280 g/mol. The topological polar surface area (TPSA) is 25.2 Å². The number of hydrogen-bond acceptors (Lipinski definition) is 2. The molecule has 1 aromatic heterocycles. The Morgan fingerprint density at radius 1 is 1.26 bits per heavy atom. The van der Waals surface area contributed by atoms with Gasteiger partial charge in [0, 0.05) is 21.5 Å². The first-order valence-electron chi connectivity index (χ1n) is 6.77. The minimum Gasteiger partial charge on any atom is -0.459 e. The highest BCUT2D eigenvalue weighted by Crippen LogP contribution is 2.31. The highest BCUT2D eigenvalue weighted by Gasteiger charge is 2.17. The molecule has 0 spiro atoms. The summed E-state index contributed by atoms with van der Waals surface area (Å²) < 4.78 is 6.05. The van der Waals surface area contributed by atoms with E-state index in [9.17, 15) is 0 Å². The summed E-state index contributed by atoms with van der Waals surface area (Å²) in [6.45, 7) is 11.4. The molecular formula is C16H22ClNO. The van der Waals surface area contributed by atoms with Gasteiger partial charge in [-0.3, -0.25) is 0 Å². The van der Waals surface area contributed by atoms with Crippen LogP contribution in [0, 0.1) is 6.92 Å². The molecule has 1 heterocycles. The van der Waals surface area contributed by atoms with Crippen LogP contribution in [0.5, 0.6) is 0 Å². The zero-order valence-electron chi connectivity index (χ0n) is 12.4. The first kappa shape index (κ1) is 14.4. The fourth-order valence-electron chi connectivity index (χ4n) is 2.30. The molecule has 0 unspecified atom stereocenters. The van der Waals surface area contributed by atoms with E-state index >= 15 is 0 Å². The summed E-state index contributed by atoms with van der Waals surface area (Å²) in [7, 11) is 0. The molecule has 0 aliphatic heterocycles. The van der Waals surface area contributed by atoms with Crippen molar-refractivity contribution in [3.05, 3.63) is 34.0 Å². The molecule has 0 bridgehead atoms. The summed E-state index contributed by atoms with van der Waals surface area (Å²) in [6, 6.07) is 3.96. The van der Waals surface area contributed by atoms with E-state index in [1.165, 1.54) is 5.56 Å². The van der Waals surface area contributed by atoms with Gasteiger partial charge in [-0.2, -0.15) is 0 Å². The highest BCUT2D eigenvalue weighted by atomic mass is 35.5. The van der Waals surface area contributed by atoms with Crippen molar-refractivity contribution in [1.82, 2.24) is 5.32 Å². The van der Waals surface area contributed by atoms with Gasteiger partial charge in [-0.25, -0.2) is 0 Å². The average Bonchev–Trinajstić information content (AvgIpc) is 2.63. The van der Waals surface area contributed by atoms with Crippen LogP contribution < -0.4 is 5.32 Å². The van der Waals surface area contributed by atoms with E-state index in [1.54, 1.807) is 0 Å². The second-order valence-corrected chi connectivity index (χ2v) is 6.50. The Kier molecular flexibility index (Phi) is 3.93. The highest BCUT2D eigenvalue weighted by molar-refractivity contribution is 6.31. The van der Waals surface area contributed by atoms with Crippen molar-refractivity contribution in [2.45, 2.75) is 53.1 Å². The Bertz CT molecular complexity index is 593. The number of nitrogens with one attached hydrogen (secondary N) is 1. The number of halogens is 1. The monoisotopic (exact) mass is 279 g/mol. The van der Waals surface area contributed by atoms with Gasteiger partial charge >= 0.3 is 0 Å². The lowest BCUT2D eigenvalue weighted by Gasteiger charge is -2.19. The largest absolute Gasteiger partial charge is 0.459 e. The van der Waals surface area contributed by atoms with Crippen molar-refractivity contribution >= 4 is 22.6 Å². The molecule has 1 N–H and O–H groups in total. The SMILES string of the molecule is CCc1c(CNC(C)(C)C)oc2c(C)cc(Cl)cc12. The molecule has 2 nitrogen and oxygen atoms in total. The van der Waals surface area contributed by atoms with Crippen LogP contribution in [0.25, 0.3) is 11.0 Å². The number of fused-ring (bicyclic) bond motifs is 1. The summed E-state index contributed by atoms with van der Waals surface area (Å²) in [6.07, 6.45) is 0.952. The molecule has 2 rings (SSSR count). The minimum atomic E-state index is 0.0800. The number of furan rings is 1. The second-order valence-electron chi connectivity index (χ2n) is 6.06. The Morgan fingerprint density at radius 3 is 2.53 bits per heavy atom. The van der Waals surface area contributed by atoms with Crippen LogP contribution in [-0.2, 0) is 13.0 Å². The standard InChI is InChI=1S/C16H22ClNO/c1-6-12-13-8-11(17)7-10(2)15(13)19-14(12)9-18-16(3,4)5/h7-8,18H,6,9H2,1-5H3. The van der Waals surface area contributed by atoms with Gasteiger partial charge in [-0.1, -0.05) is 18.5 Å². The molecule has 1 aromatic carbocycles. The minimum absolute atomic E-state index is 0.0800. The van der Waals surface area contributed by atoms with Crippen LogP contribution in [0.4, 0.5) is 0 Å². The van der Waals surface area contributed by atoms with E-state index in [4.69, 9.17) is 16.0 Å². The molecule has 3 heteroatoms. The summed E-state index contributed by atoms with van der Waals surface area (Å²) in [5, 5.41) is 5.41. The van der Waals surface area contributed by atoms with E-state index in [0.29, 0.717) is 0 Å². The van der Waals surface area contributed by atoms with Gasteiger partial charge in [0.25, 0.3) is 0 Å². The van der Waals surface area contributed by atoms with Crippen LogP contribution >= 0.6 is 11.6 Å². The fourth-order valence-corrected chi connectivity index (χ4v) is 2.57. The van der Waals surface area contributed by atoms with E-state index in [-0.39, 0.29) is 5.54 Å². The molecule has 0 amide bonds. The molecular weight excluding hydrogens is 258 g/mol. The fraction of sp³-hybridized carbons (Fsp3) is 0.500. The normalized spacial score (nSPS) is 12.3. The Balaban J connectivity index is 2.47. The number of aryl methyl sites for hydroxylation is 2. The molecule has 2 aromatic rings. The molecule has 0 radical (unpaired) electrons. The van der Waals surface area contributed by atoms with Crippen LogP contribution in [0.2, 0.25) is 5.02 Å². The van der Waals surface area contributed by atoms with Gasteiger partial charge in [0.05, 0.1) is 6.54 Å². The zero-order valence-corrected chi connectivity index (χ0v) is 13.1. The van der Waals surface area contributed by atoms with E-state index in [0.717, 1.165) is 40.3 Å². The molecule has 104 valence electrons. The second kappa shape index (κ2) is 5.18. The third-order valence-electron chi connectivity index (χ3n) is 3.26. The predicted molar refractivity (Wildman–Crippen MR) is 81.9 cm³/mol. The number of rotatable bonds is 3. The van der Waals surface area contributed by atoms with Crippen LogP contribution in [0.1, 0.15) is 44.6 Å². The molecule has 0 saturated heterocycles. The van der Waals surface area contributed by atoms with Gasteiger partial charge in [-0.15, -0.1) is 0 Å². The van der Waals surface area contributed by atoms with Crippen molar-refractivity contribution in [3.8, 4) is 0 Å². The van der Waals surface area contributed by atoms with Gasteiger partial charge < -0.3 is 9.73 Å². The summed E-state index contributed by atoms with van der Waals surface area (Å²) in [5.41, 5.74) is 3.40. The van der Waals surface area contributed by atoms with Crippen LogP contribution in [-0.4, -0.2) is 5.54 Å². The van der Waals surface area contributed by atoms with Crippen molar-refractivity contribution in [3.63, 3.8) is 0 Å². The first-order chi connectivity index (χ1) is 8.81. The number of hydrogen-bond donors (Lipinski definition) is 1. The van der Waals surface area contributed by atoms with E-state index < -0.39 is 0 Å². The van der Waals surface area contributed by atoms with Gasteiger partial charge in [0.15, 0.2) is 0 Å². The third kappa shape index (κ3) is 3.13. The maximum Gasteiger partial charge on any atom is 0.137 e. The summed E-state index contributed by atoms with van der Waals surface area (Å²) >= 11 is 6.15.